The predicted molar refractivity (Wildman–Crippen MR) is 56.7 cm³/mol. The number of benzene rings is 1. The molecule has 0 saturated heterocycles. The van der Waals surface area contributed by atoms with Gasteiger partial charge < -0.3 is 11.5 Å². The maximum absolute atomic E-state index is 11.8. The van der Waals surface area contributed by atoms with Gasteiger partial charge in [0.05, 0.1) is 10.6 Å². The van der Waals surface area contributed by atoms with Gasteiger partial charge in [-0.2, -0.15) is 0 Å². The zero-order chi connectivity index (χ0) is 11.6. The Hall–Kier alpha value is -1.56. The van der Waals surface area contributed by atoms with Crippen molar-refractivity contribution in [2.75, 3.05) is 5.73 Å². The Bertz CT molecular complexity index is 482. The first-order chi connectivity index (χ1) is 6.87. The summed E-state index contributed by atoms with van der Waals surface area (Å²) in [6.07, 6.45) is 0. The molecule has 6 heteroatoms. The maximum atomic E-state index is 11.8. The number of carbonyl (C=O) groups excluding carboxylic acids is 1. The fourth-order valence-electron chi connectivity index (χ4n) is 1.08. The van der Waals surface area contributed by atoms with E-state index in [1.54, 1.807) is 6.07 Å². The minimum atomic E-state index is -3.77. The predicted octanol–water partition coefficient (Wildman–Crippen LogP) is -0.0837. The molecular weight excluding hydrogens is 216 g/mol. The Labute approximate surface area is 88.0 Å². The van der Waals surface area contributed by atoms with Crippen LogP contribution in [-0.2, 0) is 14.6 Å². The molecule has 1 atom stereocenters. The molecule has 1 unspecified atom stereocenters. The summed E-state index contributed by atoms with van der Waals surface area (Å²) in [5.74, 6) is -0.891. The highest BCUT2D eigenvalue weighted by molar-refractivity contribution is 7.93. The van der Waals surface area contributed by atoms with E-state index in [4.69, 9.17) is 11.5 Å². The smallest absolute Gasteiger partial charge is 0.235 e. The molecule has 0 aliphatic heterocycles. The largest absolute Gasteiger partial charge is 0.398 e. The monoisotopic (exact) mass is 228 g/mol. The van der Waals surface area contributed by atoms with Crippen molar-refractivity contribution in [2.45, 2.75) is 17.1 Å². The van der Waals surface area contributed by atoms with E-state index in [2.05, 4.69) is 0 Å². The molecule has 1 aromatic rings. The van der Waals surface area contributed by atoms with Crippen LogP contribution in [0.3, 0.4) is 0 Å². The summed E-state index contributed by atoms with van der Waals surface area (Å²) in [6, 6.07) is 5.96. The number of hydrogen-bond donors (Lipinski definition) is 2. The normalized spacial score (nSPS) is 13.4. The third-order valence-electron chi connectivity index (χ3n) is 2.09. The maximum Gasteiger partial charge on any atom is 0.235 e. The number of nitrogen functional groups attached to an aromatic ring is 1. The van der Waals surface area contributed by atoms with Crippen molar-refractivity contribution in [3.63, 3.8) is 0 Å². The van der Waals surface area contributed by atoms with Gasteiger partial charge in [-0.15, -0.1) is 0 Å². The molecule has 5 nitrogen and oxygen atoms in total. The highest BCUT2D eigenvalue weighted by Crippen LogP contribution is 2.21. The molecule has 0 saturated carbocycles. The van der Waals surface area contributed by atoms with Crippen LogP contribution in [-0.4, -0.2) is 19.6 Å². The summed E-state index contributed by atoms with van der Waals surface area (Å²) in [5, 5.41) is -1.28. The van der Waals surface area contributed by atoms with Crippen molar-refractivity contribution in [3.8, 4) is 0 Å². The van der Waals surface area contributed by atoms with Crippen LogP contribution in [0.4, 0.5) is 5.69 Å². The minimum absolute atomic E-state index is 0.0590. The van der Waals surface area contributed by atoms with Gasteiger partial charge in [0.1, 0.15) is 5.25 Å². The Balaban J connectivity index is 3.30. The average molecular weight is 228 g/mol. The van der Waals surface area contributed by atoms with E-state index in [0.29, 0.717) is 0 Å². The zero-order valence-electron chi connectivity index (χ0n) is 8.17. The van der Waals surface area contributed by atoms with Crippen LogP contribution in [0.15, 0.2) is 29.2 Å². The molecule has 1 amide bonds. The number of sulfone groups is 1. The van der Waals surface area contributed by atoms with Crippen LogP contribution < -0.4 is 11.5 Å². The molecule has 0 fully saturated rings. The van der Waals surface area contributed by atoms with Crippen molar-refractivity contribution in [1.29, 1.82) is 0 Å². The summed E-state index contributed by atoms with van der Waals surface area (Å²) in [5.41, 5.74) is 10.6. The van der Waals surface area contributed by atoms with E-state index in [-0.39, 0.29) is 10.6 Å². The van der Waals surface area contributed by atoms with Crippen LogP contribution >= 0.6 is 0 Å². The lowest BCUT2D eigenvalue weighted by atomic mass is 10.3. The lowest BCUT2D eigenvalue weighted by Gasteiger charge is -2.10. The van der Waals surface area contributed by atoms with Gasteiger partial charge in [0.25, 0.3) is 0 Å². The number of amides is 1. The molecule has 15 heavy (non-hydrogen) atoms. The average Bonchev–Trinajstić information content (AvgIpc) is 2.16. The first-order valence-corrected chi connectivity index (χ1v) is 5.79. The van der Waals surface area contributed by atoms with Crippen LogP contribution in [0.1, 0.15) is 6.92 Å². The molecule has 0 aromatic heterocycles. The number of hydrogen-bond acceptors (Lipinski definition) is 4. The van der Waals surface area contributed by atoms with Crippen molar-refractivity contribution in [2.24, 2.45) is 5.73 Å². The van der Waals surface area contributed by atoms with Gasteiger partial charge in [-0.25, -0.2) is 8.42 Å². The van der Waals surface area contributed by atoms with Gasteiger partial charge in [-0.05, 0) is 19.1 Å². The number of carbonyl (C=O) groups is 1. The summed E-state index contributed by atoms with van der Waals surface area (Å²) in [6.45, 7) is 1.24. The lowest BCUT2D eigenvalue weighted by molar-refractivity contribution is -0.117. The van der Waals surface area contributed by atoms with Crippen LogP contribution in [0.5, 0.6) is 0 Å². The lowest BCUT2D eigenvalue weighted by Crippen LogP contribution is -2.33. The molecule has 1 rings (SSSR count). The molecular formula is C9H12N2O3S. The van der Waals surface area contributed by atoms with E-state index in [1.807, 2.05) is 0 Å². The third kappa shape index (κ3) is 2.10. The Morgan fingerprint density at radius 1 is 1.33 bits per heavy atom. The quantitative estimate of drug-likeness (QED) is 0.706. The summed E-state index contributed by atoms with van der Waals surface area (Å²) in [4.78, 5) is 10.8. The molecule has 4 N–H and O–H groups in total. The van der Waals surface area contributed by atoms with E-state index < -0.39 is 21.0 Å². The molecule has 0 radical (unpaired) electrons. The van der Waals surface area contributed by atoms with Crippen LogP contribution in [0.2, 0.25) is 0 Å². The second-order valence-electron chi connectivity index (χ2n) is 3.13. The van der Waals surface area contributed by atoms with Gasteiger partial charge in [0.2, 0.25) is 5.91 Å². The molecule has 0 heterocycles. The molecule has 82 valence electrons. The van der Waals surface area contributed by atoms with Crippen molar-refractivity contribution < 1.29 is 13.2 Å². The minimum Gasteiger partial charge on any atom is -0.398 e. The number of nitrogens with two attached hydrogens (primary N) is 2. The standard InChI is InChI=1S/C9H12N2O3S/c1-6(9(11)12)15(13,14)8-5-3-2-4-7(8)10/h2-6H,10H2,1H3,(H2,11,12). The van der Waals surface area contributed by atoms with Crippen molar-refractivity contribution >= 4 is 21.4 Å². The van der Waals surface area contributed by atoms with E-state index >= 15 is 0 Å². The molecule has 1 aromatic carbocycles. The van der Waals surface area contributed by atoms with Crippen LogP contribution in [0, 0.1) is 0 Å². The van der Waals surface area contributed by atoms with Gasteiger partial charge >= 0.3 is 0 Å². The van der Waals surface area contributed by atoms with E-state index in [9.17, 15) is 13.2 Å². The first kappa shape index (κ1) is 11.5. The molecule has 0 aliphatic rings. The van der Waals surface area contributed by atoms with E-state index in [0.717, 1.165) is 0 Å². The zero-order valence-corrected chi connectivity index (χ0v) is 8.99. The van der Waals surface area contributed by atoms with E-state index in [1.165, 1.54) is 25.1 Å². The number of para-hydroxylation sites is 1. The Kier molecular flexibility index (Phi) is 2.99. The van der Waals surface area contributed by atoms with Gasteiger partial charge in [-0.1, -0.05) is 12.1 Å². The summed E-state index contributed by atoms with van der Waals surface area (Å²) < 4.78 is 23.6. The van der Waals surface area contributed by atoms with Crippen LogP contribution in [0.25, 0.3) is 0 Å². The second kappa shape index (κ2) is 3.90. The van der Waals surface area contributed by atoms with Gasteiger partial charge in [0.15, 0.2) is 9.84 Å². The molecule has 0 spiro atoms. The SMILES string of the molecule is CC(C(N)=O)S(=O)(=O)c1ccccc1N. The van der Waals surface area contributed by atoms with Gasteiger partial charge in [0, 0.05) is 0 Å². The fraction of sp³-hybridized carbons (Fsp3) is 0.222. The third-order valence-corrected chi connectivity index (χ3v) is 4.24. The summed E-state index contributed by atoms with van der Waals surface area (Å²) >= 11 is 0. The van der Waals surface area contributed by atoms with Gasteiger partial charge in [-0.3, -0.25) is 4.79 Å². The first-order valence-electron chi connectivity index (χ1n) is 4.25. The summed E-state index contributed by atoms with van der Waals surface area (Å²) in [7, 11) is -3.77. The number of rotatable bonds is 3. The Morgan fingerprint density at radius 3 is 2.33 bits per heavy atom. The number of primary amides is 1. The molecule has 0 aliphatic carbocycles. The highest BCUT2D eigenvalue weighted by Gasteiger charge is 2.29. The molecule has 0 bridgehead atoms. The highest BCUT2D eigenvalue weighted by atomic mass is 32.2. The second-order valence-corrected chi connectivity index (χ2v) is 5.36. The Morgan fingerprint density at radius 2 is 1.87 bits per heavy atom. The number of anilines is 1. The fourth-order valence-corrected chi connectivity index (χ4v) is 2.43. The topological polar surface area (TPSA) is 103 Å². The van der Waals surface area contributed by atoms with Crippen molar-refractivity contribution in [1.82, 2.24) is 0 Å². The van der Waals surface area contributed by atoms with Crippen molar-refractivity contribution in [3.05, 3.63) is 24.3 Å².